The summed E-state index contributed by atoms with van der Waals surface area (Å²) in [6, 6.07) is 2.37. The summed E-state index contributed by atoms with van der Waals surface area (Å²) >= 11 is 1.88. The first kappa shape index (κ1) is 12.4. The molecule has 20 heavy (non-hydrogen) atoms. The van der Waals surface area contributed by atoms with E-state index in [4.69, 9.17) is 4.74 Å². The zero-order valence-corrected chi connectivity index (χ0v) is 12.7. The summed E-state index contributed by atoms with van der Waals surface area (Å²) in [4.78, 5) is 3.79. The molecule has 2 aliphatic rings. The van der Waals surface area contributed by atoms with Gasteiger partial charge in [0, 0.05) is 24.8 Å². The Balaban J connectivity index is 1.77. The fraction of sp³-hybridized carbons (Fsp3) is 0.533. The molecule has 0 aromatic carbocycles. The SMILES string of the molecule is CC1(C)Cc2cc(N3CCOCC3)sc2-c2n[nH]cc21. The first-order chi connectivity index (χ1) is 9.65. The number of thiophene rings is 1. The van der Waals surface area contributed by atoms with E-state index in [0.29, 0.717) is 0 Å². The van der Waals surface area contributed by atoms with Crippen molar-refractivity contribution in [3.8, 4) is 10.6 Å². The smallest absolute Gasteiger partial charge is 0.106 e. The number of aromatic amines is 1. The number of anilines is 1. The van der Waals surface area contributed by atoms with Crippen LogP contribution in [0.3, 0.4) is 0 Å². The molecule has 2 aromatic heterocycles. The van der Waals surface area contributed by atoms with E-state index < -0.39 is 0 Å². The quantitative estimate of drug-likeness (QED) is 0.877. The molecule has 0 amide bonds. The van der Waals surface area contributed by atoms with Gasteiger partial charge in [-0.1, -0.05) is 13.8 Å². The Labute approximate surface area is 122 Å². The van der Waals surface area contributed by atoms with E-state index >= 15 is 0 Å². The lowest BCUT2D eigenvalue weighted by molar-refractivity contribution is 0.123. The van der Waals surface area contributed by atoms with Gasteiger partial charge in [0.2, 0.25) is 0 Å². The second kappa shape index (κ2) is 4.33. The summed E-state index contributed by atoms with van der Waals surface area (Å²) in [6.45, 7) is 8.27. The highest BCUT2D eigenvalue weighted by atomic mass is 32.1. The van der Waals surface area contributed by atoms with Crippen molar-refractivity contribution in [3.63, 3.8) is 0 Å². The van der Waals surface area contributed by atoms with Crippen molar-refractivity contribution in [3.05, 3.63) is 23.4 Å². The van der Waals surface area contributed by atoms with E-state index in [-0.39, 0.29) is 5.41 Å². The summed E-state index contributed by atoms with van der Waals surface area (Å²) in [5.41, 5.74) is 4.11. The number of fused-ring (bicyclic) bond motifs is 3. The Morgan fingerprint density at radius 2 is 2.15 bits per heavy atom. The number of aromatic nitrogens is 2. The van der Waals surface area contributed by atoms with Gasteiger partial charge in [-0.2, -0.15) is 5.10 Å². The predicted molar refractivity (Wildman–Crippen MR) is 81.7 cm³/mol. The van der Waals surface area contributed by atoms with Gasteiger partial charge < -0.3 is 9.64 Å². The first-order valence-corrected chi connectivity index (χ1v) is 7.97. The van der Waals surface area contributed by atoms with Crippen LogP contribution in [0.15, 0.2) is 12.3 Å². The van der Waals surface area contributed by atoms with Crippen LogP contribution in [0.25, 0.3) is 10.6 Å². The maximum absolute atomic E-state index is 5.45. The van der Waals surface area contributed by atoms with E-state index in [1.165, 1.54) is 21.0 Å². The van der Waals surface area contributed by atoms with Crippen molar-refractivity contribution in [1.82, 2.24) is 10.2 Å². The van der Waals surface area contributed by atoms with Gasteiger partial charge in [0.05, 0.1) is 23.1 Å². The molecule has 3 heterocycles. The van der Waals surface area contributed by atoms with E-state index in [1.807, 2.05) is 11.3 Å². The fourth-order valence-electron chi connectivity index (χ4n) is 3.24. The Morgan fingerprint density at radius 1 is 1.35 bits per heavy atom. The minimum Gasteiger partial charge on any atom is -0.378 e. The summed E-state index contributed by atoms with van der Waals surface area (Å²) in [7, 11) is 0. The summed E-state index contributed by atoms with van der Waals surface area (Å²) < 4.78 is 5.45. The molecule has 106 valence electrons. The summed E-state index contributed by atoms with van der Waals surface area (Å²) in [5, 5.41) is 8.91. The van der Waals surface area contributed by atoms with E-state index in [0.717, 1.165) is 38.4 Å². The lowest BCUT2D eigenvalue weighted by Crippen LogP contribution is -2.35. The topological polar surface area (TPSA) is 41.1 Å². The maximum Gasteiger partial charge on any atom is 0.106 e. The van der Waals surface area contributed by atoms with Gasteiger partial charge in [-0.25, -0.2) is 0 Å². The highest BCUT2D eigenvalue weighted by molar-refractivity contribution is 7.19. The molecule has 0 atom stereocenters. The third kappa shape index (κ3) is 1.80. The van der Waals surface area contributed by atoms with Gasteiger partial charge in [-0.3, -0.25) is 5.10 Å². The number of morpholine rings is 1. The third-order valence-corrected chi connectivity index (χ3v) is 5.58. The van der Waals surface area contributed by atoms with E-state index in [9.17, 15) is 0 Å². The normalized spacial score (nSPS) is 20.6. The number of nitrogens with zero attached hydrogens (tertiary/aromatic N) is 2. The molecular weight excluding hydrogens is 270 g/mol. The van der Waals surface area contributed by atoms with Crippen LogP contribution in [0.1, 0.15) is 25.0 Å². The van der Waals surface area contributed by atoms with Crippen LogP contribution in [0.5, 0.6) is 0 Å². The van der Waals surface area contributed by atoms with Crippen LogP contribution >= 0.6 is 11.3 Å². The second-order valence-corrected chi connectivity index (χ2v) is 7.28. The van der Waals surface area contributed by atoms with Crippen LogP contribution < -0.4 is 4.90 Å². The van der Waals surface area contributed by atoms with E-state index in [2.05, 4.69) is 41.2 Å². The second-order valence-electron chi connectivity index (χ2n) is 6.25. The number of hydrogen-bond acceptors (Lipinski definition) is 4. The van der Waals surface area contributed by atoms with Gasteiger partial charge >= 0.3 is 0 Å². The van der Waals surface area contributed by atoms with Crippen molar-refractivity contribution >= 4 is 16.3 Å². The number of H-pyrrole nitrogens is 1. The zero-order chi connectivity index (χ0) is 13.7. The molecular formula is C15H19N3OS. The summed E-state index contributed by atoms with van der Waals surface area (Å²) in [5.74, 6) is 0. The Morgan fingerprint density at radius 3 is 2.95 bits per heavy atom. The highest BCUT2D eigenvalue weighted by Crippen LogP contribution is 2.47. The molecule has 0 spiro atoms. The number of hydrogen-bond donors (Lipinski definition) is 1. The van der Waals surface area contributed by atoms with Crippen molar-refractivity contribution in [2.24, 2.45) is 0 Å². The predicted octanol–water partition coefficient (Wildman–Crippen LogP) is 2.81. The molecule has 4 nitrogen and oxygen atoms in total. The molecule has 2 aromatic rings. The highest BCUT2D eigenvalue weighted by Gasteiger charge is 2.34. The van der Waals surface area contributed by atoms with Gasteiger partial charge in [0.15, 0.2) is 0 Å². The Bertz CT molecular complexity index is 637. The van der Waals surface area contributed by atoms with Crippen LogP contribution in [-0.4, -0.2) is 36.5 Å². The van der Waals surface area contributed by atoms with Crippen LogP contribution in [0.4, 0.5) is 5.00 Å². The zero-order valence-electron chi connectivity index (χ0n) is 11.9. The molecule has 0 saturated carbocycles. The third-order valence-electron chi connectivity index (χ3n) is 4.34. The molecule has 0 bridgehead atoms. The lowest BCUT2D eigenvalue weighted by atomic mass is 9.75. The van der Waals surface area contributed by atoms with Crippen molar-refractivity contribution < 1.29 is 4.74 Å². The van der Waals surface area contributed by atoms with Crippen LogP contribution in [-0.2, 0) is 16.6 Å². The van der Waals surface area contributed by atoms with Gasteiger partial charge in [0.25, 0.3) is 0 Å². The first-order valence-electron chi connectivity index (χ1n) is 7.15. The minimum absolute atomic E-state index is 0.165. The van der Waals surface area contributed by atoms with Gasteiger partial charge in [-0.05, 0) is 23.5 Å². The van der Waals surface area contributed by atoms with Crippen molar-refractivity contribution in [2.75, 3.05) is 31.2 Å². The average Bonchev–Trinajstić information content (AvgIpc) is 3.05. The molecule has 0 radical (unpaired) electrons. The molecule has 1 fully saturated rings. The molecule has 5 heteroatoms. The molecule has 0 unspecified atom stereocenters. The summed E-state index contributed by atoms with van der Waals surface area (Å²) in [6.07, 6.45) is 3.15. The number of rotatable bonds is 1. The number of nitrogens with one attached hydrogen (secondary N) is 1. The minimum atomic E-state index is 0.165. The maximum atomic E-state index is 5.45. The lowest BCUT2D eigenvalue weighted by Gasteiger charge is -2.28. The monoisotopic (exact) mass is 289 g/mol. The standard InChI is InChI=1S/C15H19N3OS/c1-15(2)8-10-7-12(18-3-5-19-6-4-18)20-14(10)13-11(15)9-16-17-13/h7,9H,3-6,8H2,1-2H3,(H,16,17). The molecule has 1 N–H and O–H groups in total. The van der Waals surface area contributed by atoms with Crippen molar-refractivity contribution in [1.29, 1.82) is 0 Å². The number of ether oxygens (including phenoxy) is 1. The molecule has 4 rings (SSSR count). The Kier molecular flexibility index (Phi) is 2.69. The van der Waals surface area contributed by atoms with Gasteiger partial charge in [-0.15, -0.1) is 11.3 Å². The van der Waals surface area contributed by atoms with Crippen molar-refractivity contribution in [2.45, 2.75) is 25.7 Å². The molecule has 1 aliphatic heterocycles. The molecule has 1 aliphatic carbocycles. The fourth-order valence-corrected chi connectivity index (χ4v) is 4.47. The average molecular weight is 289 g/mol. The Hall–Kier alpha value is -1.33. The van der Waals surface area contributed by atoms with Gasteiger partial charge in [0.1, 0.15) is 5.69 Å². The largest absolute Gasteiger partial charge is 0.378 e. The van der Waals surface area contributed by atoms with Crippen LogP contribution in [0.2, 0.25) is 0 Å². The van der Waals surface area contributed by atoms with Crippen LogP contribution in [0, 0.1) is 0 Å². The molecule has 1 saturated heterocycles. The van der Waals surface area contributed by atoms with E-state index in [1.54, 1.807) is 0 Å².